The van der Waals surface area contributed by atoms with Gasteiger partial charge in [0.1, 0.15) is 15.1 Å². The van der Waals surface area contributed by atoms with Crippen molar-refractivity contribution >= 4 is 42.9 Å². The van der Waals surface area contributed by atoms with E-state index in [1.54, 1.807) is 54.7 Å². The maximum absolute atomic E-state index is 12.4. The summed E-state index contributed by atoms with van der Waals surface area (Å²) in [5, 5.41) is 2.62. The van der Waals surface area contributed by atoms with E-state index in [2.05, 4.69) is 5.32 Å². The Hall–Kier alpha value is -1.70. The van der Waals surface area contributed by atoms with Gasteiger partial charge in [-0.05, 0) is 34.4 Å². The largest absolute Gasteiger partial charge is 1.00 e. The molecule has 0 radical (unpaired) electrons. The molecule has 12 heteroatoms. The quantitative estimate of drug-likeness (QED) is 0.263. The monoisotopic (exact) mass is 538 g/mol. The molecule has 0 aliphatic carbocycles. The molecule has 2 heterocycles. The van der Waals surface area contributed by atoms with E-state index in [1.165, 1.54) is 0 Å². The molecule has 0 aromatic heterocycles. The molecule has 36 heavy (non-hydrogen) atoms. The Morgan fingerprint density at radius 2 is 1.22 bits per heavy atom. The van der Waals surface area contributed by atoms with Gasteiger partial charge in [0.15, 0.2) is 10.3 Å². The first-order valence-corrected chi connectivity index (χ1v) is 12.8. The van der Waals surface area contributed by atoms with Crippen LogP contribution in [0.4, 0.5) is 11.4 Å². The fourth-order valence-electron chi connectivity index (χ4n) is 4.18. The normalized spacial score (nSPS) is 14.5. The zero-order valence-electron chi connectivity index (χ0n) is 19.4. The number of anilines is 2. The first-order chi connectivity index (χ1) is 16.2. The van der Waals surface area contributed by atoms with Crippen LogP contribution in [0.3, 0.4) is 0 Å². The molecule has 0 unspecified atom stereocenters. The van der Waals surface area contributed by atoms with Crippen molar-refractivity contribution in [1.29, 1.82) is 0 Å². The number of fused-ring (bicyclic) bond motifs is 3. The van der Waals surface area contributed by atoms with E-state index >= 15 is 0 Å². The molecule has 3 aromatic carbocycles. The number of allylic oxidation sites excluding steroid dienone is 2. The molecule has 0 bridgehead atoms. The topological polar surface area (TPSA) is 130 Å². The van der Waals surface area contributed by atoms with E-state index in [1.807, 2.05) is 30.3 Å². The number of hydrogen-bond donors (Lipinski definition) is 1. The number of rotatable bonds is 4. The van der Waals surface area contributed by atoms with Crippen molar-refractivity contribution in [3.63, 3.8) is 0 Å². The predicted octanol–water partition coefficient (Wildman–Crippen LogP) is -4.30. The molecular formula is C24H16N2Na2O6S2. The van der Waals surface area contributed by atoms with Gasteiger partial charge in [-0.1, -0.05) is 72.8 Å². The van der Waals surface area contributed by atoms with Crippen LogP contribution in [0.5, 0.6) is 0 Å². The van der Waals surface area contributed by atoms with Crippen molar-refractivity contribution in [2.24, 2.45) is 0 Å². The minimum absolute atomic E-state index is 0. The van der Waals surface area contributed by atoms with Gasteiger partial charge in [-0.15, -0.1) is 0 Å². The summed E-state index contributed by atoms with van der Waals surface area (Å²) in [6, 6.07) is 21.2. The van der Waals surface area contributed by atoms with Gasteiger partial charge >= 0.3 is 59.1 Å². The number of hydrogen-bond acceptors (Lipinski definition) is 7. The summed E-state index contributed by atoms with van der Waals surface area (Å²) in [6.07, 6.45) is 4.28. The SMILES string of the molecule is O=S(=O)([O-])C1=CC(c2ccccc2)=c2ccc3c(c2N1S(=O)(=O)[O-])NC=CC=3c1ccccc1.[Na+].[Na+]. The van der Waals surface area contributed by atoms with E-state index in [-0.39, 0.29) is 80.0 Å². The maximum Gasteiger partial charge on any atom is 1.00 e. The molecule has 2 aliphatic rings. The van der Waals surface area contributed by atoms with Crippen LogP contribution in [0.2, 0.25) is 0 Å². The van der Waals surface area contributed by atoms with Gasteiger partial charge in [0.05, 0.1) is 11.4 Å². The second-order valence-corrected chi connectivity index (χ2v) is 10.1. The average Bonchev–Trinajstić information content (AvgIpc) is 2.82. The van der Waals surface area contributed by atoms with Crippen LogP contribution in [0.25, 0.3) is 11.1 Å². The van der Waals surface area contributed by atoms with Crippen molar-refractivity contribution in [2.45, 2.75) is 0 Å². The standard InChI is InChI=1S/C24H18N2O6S2.2Na/c27-33(28,29)22-15-21(17-9-5-2-6-10-17)20-12-11-19-18(16-7-3-1-4-8-16)13-14-25-23(19)24(20)26(22)34(30,31)32;;/h1-15,25H,(H,27,28,29)(H,30,31,32);;/q;2*+1/p-2. The van der Waals surface area contributed by atoms with E-state index in [0.717, 1.165) is 17.2 Å². The van der Waals surface area contributed by atoms with Crippen molar-refractivity contribution in [1.82, 2.24) is 0 Å². The Morgan fingerprint density at radius 1 is 0.694 bits per heavy atom. The Kier molecular flexibility index (Phi) is 8.79. The molecule has 0 amide bonds. The minimum atomic E-state index is -5.44. The molecule has 0 saturated carbocycles. The van der Waals surface area contributed by atoms with E-state index < -0.39 is 25.5 Å². The molecule has 1 N–H and O–H groups in total. The van der Waals surface area contributed by atoms with Crippen LogP contribution in [-0.4, -0.2) is 25.9 Å². The summed E-state index contributed by atoms with van der Waals surface area (Å²) in [5.41, 5.74) is 2.37. The predicted molar refractivity (Wildman–Crippen MR) is 126 cm³/mol. The molecule has 0 atom stereocenters. The number of nitrogens with zero attached hydrogens (tertiary/aromatic N) is 1. The average molecular weight is 539 g/mol. The van der Waals surface area contributed by atoms with Crippen LogP contribution in [-0.2, 0) is 20.4 Å². The molecular weight excluding hydrogens is 522 g/mol. The van der Waals surface area contributed by atoms with Gasteiger partial charge < -0.3 is 14.4 Å². The van der Waals surface area contributed by atoms with Crippen molar-refractivity contribution in [2.75, 3.05) is 9.62 Å². The minimum Gasteiger partial charge on any atom is -0.743 e. The Morgan fingerprint density at radius 3 is 1.75 bits per heavy atom. The molecule has 2 aliphatic heterocycles. The Balaban J connectivity index is 0.00000180. The summed E-state index contributed by atoms with van der Waals surface area (Å²) in [5.74, 6) is 0. The molecule has 0 spiro atoms. The first-order valence-electron chi connectivity index (χ1n) is 10.1. The second-order valence-electron chi connectivity index (χ2n) is 7.58. The smallest absolute Gasteiger partial charge is 0.743 e. The van der Waals surface area contributed by atoms with E-state index in [0.29, 0.717) is 16.4 Å². The maximum atomic E-state index is 12.4. The third-order valence-electron chi connectivity index (χ3n) is 5.56. The summed E-state index contributed by atoms with van der Waals surface area (Å²) >= 11 is 0. The van der Waals surface area contributed by atoms with E-state index in [4.69, 9.17) is 0 Å². The van der Waals surface area contributed by atoms with Crippen molar-refractivity contribution in [3.05, 3.63) is 118 Å². The van der Waals surface area contributed by atoms with E-state index in [9.17, 15) is 25.9 Å². The third kappa shape index (κ3) is 5.30. The van der Waals surface area contributed by atoms with Crippen LogP contribution in [0, 0.1) is 0 Å². The zero-order chi connectivity index (χ0) is 24.1. The fourth-order valence-corrected chi connectivity index (χ4v) is 5.97. The summed E-state index contributed by atoms with van der Waals surface area (Å²) in [6.45, 7) is 0. The molecule has 8 nitrogen and oxygen atoms in total. The molecule has 0 saturated heterocycles. The summed E-state index contributed by atoms with van der Waals surface area (Å²) in [7, 11) is -10.8. The van der Waals surface area contributed by atoms with Gasteiger partial charge in [0, 0.05) is 16.6 Å². The van der Waals surface area contributed by atoms with Gasteiger partial charge in [0.2, 0.25) is 0 Å². The van der Waals surface area contributed by atoms with Crippen LogP contribution in [0.1, 0.15) is 11.1 Å². The molecule has 3 aromatic rings. The second kappa shape index (κ2) is 11.0. The molecule has 5 rings (SSSR count). The third-order valence-corrected chi connectivity index (χ3v) is 7.31. The van der Waals surface area contributed by atoms with Gasteiger partial charge in [-0.3, -0.25) is 0 Å². The molecule has 0 fully saturated rings. The van der Waals surface area contributed by atoms with Crippen LogP contribution >= 0.6 is 0 Å². The summed E-state index contributed by atoms with van der Waals surface area (Å²) < 4.78 is 73.6. The number of benzene rings is 3. The summed E-state index contributed by atoms with van der Waals surface area (Å²) in [4.78, 5) is 0. The Labute approximate surface area is 252 Å². The first kappa shape index (κ1) is 28.9. The van der Waals surface area contributed by atoms with Gasteiger partial charge in [-0.2, -0.15) is 0 Å². The van der Waals surface area contributed by atoms with Crippen molar-refractivity contribution in [3.8, 4) is 0 Å². The fraction of sp³-hybridized carbons (Fsp3) is 0. The van der Waals surface area contributed by atoms with Crippen molar-refractivity contribution < 1.29 is 85.1 Å². The number of nitrogens with one attached hydrogen (secondary N) is 1. The molecule has 172 valence electrons. The van der Waals surface area contributed by atoms with Crippen LogP contribution < -0.4 is 79.2 Å². The zero-order valence-corrected chi connectivity index (χ0v) is 25.0. The van der Waals surface area contributed by atoms with Gasteiger partial charge in [-0.25, -0.2) is 21.1 Å². The van der Waals surface area contributed by atoms with Gasteiger partial charge in [0.25, 0.3) is 0 Å². The van der Waals surface area contributed by atoms with Crippen LogP contribution in [0.15, 0.2) is 96.2 Å². The Bertz CT molecular complexity index is 1720.